The number of nitrogens with zero attached hydrogens (tertiary/aromatic N) is 4. The van der Waals surface area contributed by atoms with Gasteiger partial charge in [-0.1, -0.05) is 20.8 Å². The molecule has 3 rings (SSSR count). The van der Waals surface area contributed by atoms with Crippen LogP contribution < -0.4 is 5.32 Å². The van der Waals surface area contributed by atoms with Crippen molar-refractivity contribution in [1.82, 2.24) is 19.7 Å². The number of hydrogen-bond donors (Lipinski definition) is 1. The molecular weight excluding hydrogens is 321 g/mol. The monoisotopic (exact) mass is 339 g/mol. The fourth-order valence-corrected chi connectivity index (χ4v) is 2.18. The SMILES string of the molecule is CC(C)(C)c1cc(NC(=O)c2ccc(F)cc2)n(-c2ncccn2)n1. The molecule has 0 saturated carbocycles. The van der Waals surface area contributed by atoms with Gasteiger partial charge in [-0.3, -0.25) is 4.79 Å². The molecule has 128 valence electrons. The van der Waals surface area contributed by atoms with Crippen LogP contribution in [0, 0.1) is 5.82 Å². The molecule has 0 bridgehead atoms. The van der Waals surface area contributed by atoms with E-state index in [4.69, 9.17) is 0 Å². The molecule has 0 fully saturated rings. The van der Waals surface area contributed by atoms with Crippen LogP contribution in [0.1, 0.15) is 36.8 Å². The highest BCUT2D eigenvalue weighted by molar-refractivity contribution is 6.03. The normalized spacial score (nSPS) is 11.4. The maximum atomic E-state index is 13.0. The third kappa shape index (κ3) is 3.71. The van der Waals surface area contributed by atoms with E-state index in [2.05, 4.69) is 20.4 Å². The van der Waals surface area contributed by atoms with Crippen LogP contribution >= 0.6 is 0 Å². The molecule has 1 N–H and O–H groups in total. The Bertz CT molecular complexity index is 882. The first kappa shape index (κ1) is 16.8. The van der Waals surface area contributed by atoms with Crippen LogP contribution in [-0.2, 0) is 5.41 Å². The van der Waals surface area contributed by atoms with E-state index in [0.717, 1.165) is 5.69 Å². The number of carbonyl (C=O) groups is 1. The first-order chi connectivity index (χ1) is 11.8. The number of aromatic nitrogens is 4. The van der Waals surface area contributed by atoms with Crippen molar-refractivity contribution in [2.24, 2.45) is 0 Å². The van der Waals surface area contributed by atoms with Crippen LogP contribution in [0.5, 0.6) is 0 Å². The van der Waals surface area contributed by atoms with Gasteiger partial charge in [0.2, 0.25) is 0 Å². The van der Waals surface area contributed by atoms with Gasteiger partial charge in [0.15, 0.2) is 0 Å². The molecule has 25 heavy (non-hydrogen) atoms. The van der Waals surface area contributed by atoms with Crippen molar-refractivity contribution in [2.45, 2.75) is 26.2 Å². The molecule has 0 atom stereocenters. The van der Waals surface area contributed by atoms with Gasteiger partial charge in [0, 0.05) is 29.4 Å². The van der Waals surface area contributed by atoms with Gasteiger partial charge in [-0.2, -0.15) is 9.78 Å². The van der Waals surface area contributed by atoms with Crippen molar-refractivity contribution in [3.63, 3.8) is 0 Å². The zero-order valence-corrected chi connectivity index (χ0v) is 14.2. The largest absolute Gasteiger partial charge is 0.306 e. The Kier molecular flexibility index (Phi) is 4.31. The molecule has 1 amide bonds. The van der Waals surface area contributed by atoms with Gasteiger partial charge in [-0.05, 0) is 30.3 Å². The molecule has 0 spiro atoms. The number of amides is 1. The highest BCUT2D eigenvalue weighted by atomic mass is 19.1. The first-order valence-corrected chi connectivity index (χ1v) is 7.79. The topological polar surface area (TPSA) is 72.7 Å². The second-order valence-corrected chi connectivity index (χ2v) is 6.59. The summed E-state index contributed by atoms with van der Waals surface area (Å²) >= 11 is 0. The zero-order valence-electron chi connectivity index (χ0n) is 14.2. The molecule has 0 radical (unpaired) electrons. The lowest BCUT2D eigenvalue weighted by Gasteiger charge is -2.13. The van der Waals surface area contributed by atoms with Crippen LogP contribution in [0.2, 0.25) is 0 Å². The summed E-state index contributed by atoms with van der Waals surface area (Å²) < 4.78 is 14.5. The fourth-order valence-electron chi connectivity index (χ4n) is 2.18. The van der Waals surface area contributed by atoms with Crippen LogP contribution in [0.4, 0.5) is 10.2 Å². The van der Waals surface area contributed by atoms with Gasteiger partial charge >= 0.3 is 0 Å². The summed E-state index contributed by atoms with van der Waals surface area (Å²) in [5.74, 6) is 0.0460. The van der Waals surface area contributed by atoms with Crippen molar-refractivity contribution in [3.8, 4) is 5.95 Å². The highest BCUT2D eigenvalue weighted by Crippen LogP contribution is 2.25. The maximum absolute atomic E-state index is 13.0. The Morgan fingerprint density at radius 2 is 1.76 bits per heavy atom. The van der Waals surface area contributed by atoms with Gasteiger partial charge in [-0.15, -0.1) is 0 Å². The van der Waals surface area contributed by atoms with Crippen molar-refractivity contribution in [2.75, 3.05) is 5.32 Å². The summed E-state index contributed by atoms with van der Waals surface area (Å²) in [5, 5.41) is 7.33. The summed E-state index contributed by atoms with van der Waals surface area (Å²) in [6.45, 7) is 6.07. The molecule has 3 aromatic rings. The number of carbonyl (C=O) groups excluding carboxylic acids is 1. The van der Waals surface area contributed by atoms with Gasteiger partial charge in [0.1, 0.15) is 11.6 Å². The number of nitrogens with one attached hydrogen (secondary N) is 1. The lowest BCUT2D eigenvalue weighted by Crippen LogP contribution is -2.16. The smallest absolute Gasteiger partial charge is 0.256 e. The number of hydrogen-bond acceptors (Lipinski definition) is 4. The molecule has 2 heterocycles. The van der Waals surface area contributed by atoms with E-state index in [1.807, 2.05) is 20.8 Å². The molecule has 0 aliphatic carbocycles. The highest BCUT2D eigenvalue weighted by Gasteiger charge is 2.22. The average Bonchev–Trinajstić information content (AvgIpc) is 3.00. The summed E-state index contributed by atoms with van der Waals surface area (Å²) in [5.41, 5.74) is 0.921. The number of halogens is 1. The molecule has 0 saturated heterocycles. The first-order valence-electron chi connectivity index (χ1n) is 7.79. The van der Waals surface area contributed by atoms with Crippen LogP contribution in [0.3, 0.4) is 0 Å². The van der Waals surface area contributed by atoms with Crippen LogP contribution in [-0.4, -0.2) is 25.7 Å². The Hall–Kier alpha value is -3.09. The maximum Gasteiger partial charge on any atom is 0.256 e. The predicted molar refractivity (Wildman–Crippen MR) is 92.2 cm³/mol. The van der Waals surface area contributed by atoms with Crippen molar-refractivity contribution < 1.29 is 9.18 Å². The fraction of sp³-hybridized carbons (Fsp3) is 0.222. The standard InChI is InChI=1S/C18H18FN5O/c1-18(2,3)14-11-15(24(23-14)17-20-9-4-10-21-17)22-16(25)12-5-7-13(19)8-6-12/h4-11H,1-3H3,(H,22,25). The number of anilines is 1. The van der Waals surface area contributed by atoms with E-state index >= 15 is 0 Å². The molecule has 7 heteroatoms. The summed E-state index contributed by atoms with van der Waals surface area (Å²) in [6, 6.07) is 8.83. The summed E-state index contributed by atoms with van der Waals surface area (Å²) in [6.07, 6.45) is 3.21. The lowest BCUT2D eigenvalue weighted by molar-refractivity contribution is 0.102. The lowest BCUT2D eigenvalue weighted by atomic mass is 9.92. The molecule has 0 unspecified atom stereocenters. The molecule has 6 nitrogen and oxygen atoms in total. The van der Waals surface area contributed by atoms with E-state index in [9.17, 15) is 9.18 Å². The van der Waals surface area contributed by atoms with Gasteiger partial charge in [0.05, 0.1) is 5.69 Å². The Morgan fingerprint density at radius 1 is 1.12 bits per heavy atom. The second kappa shape index (κ2) is 6.43. The summed E-state index contributed by atoms with van der Waals surface area (Å²) in [4.78, 5) is 20.8. The van der Waals surface area contributed by atoms with Gasteiger partial charge in [0.25, 0.3) is 11.9 Å². The summed E-state index contributed by atoms with van der Waals surface area (Å²) in [7, 11) is 0. The average molecular weight is 339 g/mol. The third-order valence-corrected chi connectivity index (χ3v) is 3.57. The minimum Gasteiger partial charge on any atom is -0.306 e. The van der Waals surface area contributed by atoms with Crippen molar-refractivity contribution in [1.29, 1.82) is 0 Å². The predicted octanol–water partition coefficient (Wildman–Crippen LogP) is 3.35. The van der Waals surface area contributed by atoms with Crippen molar-refractivity contribution >= 4 is 11.7 Å². The quantitative estimate of drug-likeness (QED) is 0.794. The third-order valence-electron chi connectivity index (χ3n) is 3.57. The molecule has 0 aliphatic heterocycles. The van der Waals surface area contributed by atoms with Gasteiger partial charge < -0.3 is 5.32 Å². The Morgan fingerprint density at radius 3 is 2.36 bits per heavy atom. The molecular formula is C18H18FN5O. The van der Waals surface area contributed by atoms with E-state index in [1.54, 1.807) is 24.5 Å². The molecule has 0 aliphatic rings. The van der Waals surface area contributed by atoms with E-state index < -0.39 is 5.82 Å². The zero-order chi connectivity index (χ0) is 18.0. The Labute approximate surface area is 144 Å². The van der Waals surface area contributed by atoms with Crippen LogP contribution in [0.25, 0.3) is 5.95 Å². The van der Waals surface area contributed by atoms with Crippen LogP contribution in [0.15, 0.2) is 48.8 Å². The van der Waals surface area contributed by atoms with E-state index in [0.29, 0.717) is 17.3 Å². The van der Waals surface area contributed by atoms with Gasteiger partial charge in [-0.25, -0.2) is 14.4 Å². The van der Waals surface area contributed by atoms with E-state index in [1.165, 1.54) is 28.9 Å². The number of rotatable bonds is 3. The minimum absolute atomic E-state index is 0.213. The number of benzene rings is 1. The second-order valence-electron chi connectivity index (χ2n) is 6.59. The molecule has 2 aromatic heterocycles. The van der Waals surface area contributed by atoms with Crippen molar-refractivity contribution in [3.05, 3.63) is 65.9 Å². The molecule has 1 aromatic carbocycles. The minimum atomic E-state index is -0.394. The Balaban J connectivity index is 1.98. The van der Waals surface area contributed by atoms with E-state index in [-0.39, 0.29) is 11.3 Å².